The molecular formula is C14H24O4. The average molecular weight is 256 g/mol. The van der Waals surface area contributed by atoms with Gasteiger partial charge < -0.3 is 9.47 Å². The van der Waals surface area contributed by atoms with E-state index in [1.54, 1.807) is 0 Å². The van der Waals surface area contributed by atoms with Crippen molar-refractivity contribution in [1.29, 1.82) is 0 Å². The maximum Gasteiger partial charge on any atom is 0.303 e. The first-order valence-corrected chi connectivity index (χ1v) is 6.21. The number of carbonyl (C=O) groups excluding carboxylic acids is 2. The molecule has 0 aromatic carbocycles. The van der Waals surface area contributed by atoms with Crippen molar-refractivity contribution in [2.75, 3.05) is 6.61 Å². The molecule has 0 rings (SSSR count). The molecule has 104 valence electrons. The van der Waals surface area contributed by atoms with Crippen molar-refractivity contribution in [3.05, 3.63) is 11.6 Å². The molecule has 0 aliphatic rings. The van der Waals surface area contributed by atoms with E-state index in [0.717, 1.165) is 12.8 Å². The molecular weight excluding hydrogens is 232 g/mol. The highest BCUT2D eigenvalue weighted by atomic mass is 16.6. The van der Waals surface area contributed by atoms with E-state index in [1.807, 2.05) is 20.8 Å². The van der Waals surface area contributed by atoms with Crippen LogP contribution in [0.1, 0.15) is 53.9 Å². The monoisotopic (exact) mass is 256 g/mol. The fourth-order valence-corrected chi connectivity index (χ4v) is 1.65. The third kappa shape index (κ3) is 8.79. The van der Waals surface area contributed by atoms with Crippen LogP contribution in [0.3, 0.4) is 0 Å². The van der Waals surface area contributed by atoms with E-state index < -0.39 is 5.60 Å². The van der Waals surface area contributed by atoms with E-state index in [-0.39, 0.29) is 18.5 Å². The maximum absolute atomic E-state index is 11.1. The Morgan fingerprint density at radius 1 is 1.06 bits per heavy atom. The van der Waals surface area contributed by atoms with Crippen LogP contribution < -0.4 is 0 Å². The first kappa shape index (κ1) is 16.7. The lowest BCUT2D eigenvalue weighted by atomic mass is 9.95. The first-order valence-electron chi connectivity index (χ1n) is 6.21. The molecule has 0 bridgehead atoms. The van der Waals surface area contributed by atoms with Gasteiger partial charge in [-0.1, -0.05) is 11.6 Å². The predicted molar refractivity (Wildman–Crippen MR) is 70.1 cm³/mol. The largest absolute Gasteiger partial charge is 0.466 e. The molecule has 0 saturated carbocycles. The van der Waals surface area contributed by atoms with Gasteiger partial charge in [0.25, 0.3) is 0 Å². The van der Waals surface area contributed by atoms with Crippen molar-refractivity contribution in [3.8, 4) is 0 Å². The van der Waals surface area contributed by atoms with Crippen molar-refractivity contribution in [2.24, 2.45) is 0 Å². The van der Waals surface area contributed by atoms with Gasteiger partial charge in [0.15, 0.2) is 0 Å². The minimum Gasteiger partial charge on any atom is -0.466 e. The van der Waals surface area contributed by atoms with Gasteiger partial charge in [-0.3, -0.25) is 9.59 Å². The molecule has 4 heteroatoms. The molecule has 0 N–H and O–H groups in total. The van der Waals surface area contributed by atoms with Crippen LogP contribution in [0.2, 0.25) is 0 Å². The van der Waals surface area contributed by atoms with Crippen molar-refractivity contribution < 1.29 is 19.1 Å². The van der Waals surface area contributed by atoms with Crippen LogP contribution in [0.15, 0.2) is 11.6 Å². The topological polar surface area (TPSA) is 52.6 Å². The molecule has 0 radical (unpaired) electrons. The van der Waals surface area contributed by atoms with E-state index in [9.17, 15) is 9.59 Å². The highest BCUT2D eigenvalue weighted by Gasteiger charge is 2.27. The van der Waals surface area contributed by atoms with Gasteiger partial charge in [-0.2, -0.15) is 0 Å². The van der Waals surface area contributed by atoms with Crippen molar-refractivity contribution in [1.82, 2.24) is 0 Å². The molecule has 18 heavy (non-hydrogen) atoms. The zero-order chi connectivity index (χ0) is 14.2. The SMILES string of the molecule is CC(=O)OCCC(C)(CCC=C(C)C)OC(C)=O. The third-order valence-corrected chi connectivity index (χ3v) is 2.55. The van der Waals surface area contributed by atoms with Gasteiger partial charge in [-0.05, 0) is 33.6 Å². The Labute approximate surface area is 109 Å². The standard InChI is InChI=1S/C14H24O4/c1-11(2)7-6-8-14(5,18-13(4)16)9-10-17-12(3)15/h7H,6,8-10H2,1-5H3. The summed E-state index contributed by atoms with van der Waals surface area (Å²) < 4.78 is 10.2. The zero-order valence-corrected chi connectivity index (χ0v) is 12.0. The molecule has 0 spiro atoms. The predicted octanol–water partition coefficient (Wildman–Crippen LogP) is 3.01. The number of rotatable bonds is 7. The Balaban J connectivity index is 4.36. The highest BCUT2D eigenvalue weighted by molar-refractivity contribution is 5.66. The minimum atomic E-state index is -0.576. The summed E-state index contributed by atoms with van der Waals surface area (Å²) in [6.45, 7) is 8.96. The fourth-order valence-electron chi connectivity index (χ4n) is 1.65. The molecule has 0 amide bonds. The highest BCUT2D eigenvalue weighted by Crippen LogP contribution is 2.23. The Morgan fingerprint density at radius 2 is 1.67 bits per heavy atom. The molecule has 0 aliphatic carbocycles. The number of hydrogen-bond donors (Lipinski definition) is 0. The average Bonchev–Trinajstić information content (AvgIpc) is 2.14. The normalized spacial score (nSPS) is 13.4. The van der Waals surface area contributed by atoms with Crippen LogP contribution in [-0.2, 0) is 19.1 Å². The van der Waals surface area contributed by atoms with Gasteiger partial charge in [0.05, 0.1) is 6.61 Å². The van der Waals surface area contributed by atoms with Crippen molar-refractivity contribution >= 4 is 11.9 Å². The van der Waals surface area contributed by atoms with Gasteiger partial charge in [0.2, 0.25) is 0 Å². The van der Waals surface area contributed by atoms with Crippen LogP contribution >= 0.6 is 0 Å². The summed E-state index contributed by atoms with van der Waals surface area (Å²) >= 11 is 0. The van der Waals surface area contributed by atoms with E-state index in [2.05, 4.69) is 6.08 Å². The summed E-state index contributed by atoms with van der Waals surface area (Å²) in [5.74, 6) is -0.623. The van der Waals surface area contributed by atoms with Gasteiger partial charge in [-0.25, -0.2) is 0 Å². The Hall–Kier alpha value is -1.32. The fraction of sp³-hybridized carbons (Fsp3) is 0.714. The lowest BCUT2D eigenvalue weighted by molar-refractivity contribution is -0.158. The number of ether oxygens (including phenoxy) is 2. The summed E-state index contributed by atoms with van der Waals surface area (Å²) in [4.78, 5) is 21.8. The Bertz CT molecular complexity index is 316. The Morgan fingerprint density at radius 3 is 2.11 bits per heavy atom. The number of hydrogen-bond acceptors (Lipinski definition) is 4. The maximum atomic E-state index is 11.1. The molecule has 0 fully saturated rings. The van der Waals surface area contributed by atoms with Crippen LogP contribution in [0.25, 0.3) is 0 Å². The number of carbonyl (C=O) groups is 2. The molecule has 0 aliphatic heterocycles. The second-order valence-corrected chi connectivity index (χ2v) is 4.95. The van der Waals surface area contributed by atoms with Crippen molar-refractivity contribution in [2.45, 2.75) is 59.5 Å². The summed E-state index contributed by atoms with van der Waals surface area (Å²) in [5, 5.41) is 0. The minimum absolute atomic E-state index is 0.272. The first-order chi connectivity index (χ1) is 8.25. The summed E-state index contributed by atoms with van der Waals surface area (Å²) in [7, 11) is 0. The second-order valence-electron chi connectivity index (χ2n) is 4.95. The van der Waals surface area contributed by atoms with E-state index in [1.165, 1.54) is 19.4 Å². The molecule has 1 unspecified atom stereocenters. The van der Waals surface area contributed by atoms with Gasteiger partial charge >= 0.3 is 11.9 Å². The summed E-state index contributed by atoms with van der Waals surface area (Å²) in [6, 6.07) is 0. The molecule has 0 heterocycles. The van der Waals surface area contributed by atoms with Crippen LogP contribution in [0.4, 0.5) is 0 Å². The van der Waals surface area contributed by atoms with Gasteiger partial charge in [0, 0.05) is 20.3 Å². The van der Waals surface area contributed by atoms with Crippen LogP contribution in [0, 0.1) is 0 Å². The molecule has 1 atom stereocenters. The third-order valence-electron chi connectivity index (χ3n) is 2.55. The summed E-state index contributed by atoms with van der Waals surface area (Å²) in [6.07, 6.45) is 4.18. The lowest BCUT2D eigenvalue weighted by Crippen LogP contribution is -2.32. The smallest absolute Gasteiger partial charge is 0.303 e. The molecule has 0 aromatic heterocycles. The van der Waals surface area contributed by atoms with Crippen LogP contribution in [0.5, 0.6) is 0 Å². The van der Waals surface area contributed by atoms with Gasteiger partial charge in [-0.15, -0.1) is 0 Å². The lowest BCUT2D eigenvalue weighted by Gasteiger charge is -2.28. The second kappa shape index (κ2) is 7.90. The molecule has 4 nitrogen and oxygen atoms in total. The summed E-state index contributed by atoms with van der Waals surface area (Å²) in [5.41, 5.74) is 0.660. The van der Waals surface area contributed by atoms with Gasteiger partial charge in [0.1, 0.15) is 5.60 Å². The quantitative estimate of drug-likeness (QED) is 0.519. The van der Waals surface area contributed by atoms with E-state index in [0.29, 0.717) is 6.42 Å². The van der Waals surface area contributed by atoms with Crippen LogP contribution in [-0.4, -0.2) is 24.1 Å². The molecule has 0 saturated heterocycles. The molecule has 0 aromatic rings. The van der Waals surface area contributed by atoms with E-state index >= 15 is 0 Å². The number of allylic oxidation sites excluding steroid dienone is 2. The zero-order valence-electron chi connectivity index (χ0n) is 12.0. The number of esters is 2. The van der Waals surface area contributed by atoms with E-state index in [4.69, 9.17) is 9.47 Å². The van der Waals surface area contributed by atoms with Crippen molar-refractivity contribution in [3.63, 3.8) is 0 Å². The Kier molecular flexibility index (Phi) is 7.32.